The van der Waals surface area contributed by atoms with E-state index in [2.05, 4.69) is 23.1 Å². The Kier molecular flexibility index (Phi) is 3.77. The molecule has 18 heavy (non-hydrogen) atoms. The molecule has 0 aliphatic rings. The number of hydrogen-bond acceptors (Lipinski definition) is 3. The minimum Gasteiger partial charge on any atom is -0.319 e. The van der Waals surface area contributed by atoms with Crippen LogP contribution < -0.4 is 5.73 Å². The van der Waals surface area contributed by atoms with E-state index in [4.69, 9.17) is 5.73 Å². The highest BCUT2D eigenvalue weighted by Crippen LogP contribution is 2.21. The summed E-state index contributed by atoms with van der Waals surface area (Å²) in [6, 6.07) is 5.89. The van der Waals surface area contributed by atoms with E-state index in [9.17, 15) is 0 Å². The monoisotopic (exact) mass is 244 g/mol. The quantitative estimate of drug-likeness (QED) is 0.898. The highest BCUT2D eigenvalue weighted by Gasteiger charge is 2.16. The summed E-state index contributed by atoms with van der Waals surface area (Å²) in [6.45, 7) is 7.02. The molecule has 0 saturated heterocycles. The lowest BCUT2D eigenvalue weighted by Gasteiger charge is -2.16. The standard InChI is InChI=1S/C14H20N4/c1-4-9-18-13(7-8-16-18)14(15)12-6-5-10(2)17-11(12)3/h5-8,14H,4,9,15H2,1-3H3. The number of hydrogen-bond donors (Lipinski definition) is 1. The van der Waals surface area contributed by atoms with Crippen LogP contribution in [0.25, 0.3) is 0 Å². The number of rotatable bonds is 4. The molecule has 2 aromatic heterocycles. The van der Waals surface area contributed by atoms with Gasteiger partial charge in [0.1, 0.15) is 0 Å². The average Bonchev–Trinajstić information content (AvgIpc) is 2.77. The van der Waals surface area contributed by atoms with Gasteiger partial charge in [-0.15, -0.1) is 0 Å². The number of nitrogens with two attached hydrogens (primary N) is 1. The molecule has 1 unspecified atom stereocenters. The summed E-state index contributed by atoms with van der Waals surface area (Å²) in [7, 11) is 0. The Morgan fingerprint density at radius 2 is 2.06 bits per heavy atom. The third-order valence-electron chi connectivity index (χ3n) is 3.10. The molecule has 4 nitrogen and oxygen atoms in total. The zero-order valence-electron chi connectivity index (χ0n) is 11.2. The molecule has 0 amide bonds. The van der Waals surface area contributed by atoms with Crippen LogP contribution in [0.3, 0.4) is 0 Å². The van der Waals surface area contributed by atoms with Crippen LogP contribution in [0.5, 0.6) is 0 Å². The van der Waals surface area contributed by atoms with Gasteiger partial charge in [0.05, 0.1) is 11.7 Å². The van der Waals surface area contributed by atoms with Crippen molar-refractivity contribution in [3.05, 3.63) is 47.0 Å². The van der Waals surface area contributed by atoms with Gasteiger partial charge in [0.2, 0.25) is 0 Å². The smallest absolute Gasteiger partial charge is 0.0740 e. The van der Waals surface area contributed by atoms with E-state index in [1.165, 1.54) is 0 Å². The van der Waals surface area contributed by atoms with Crippen LogP contribution in [0, 0.1) is 13.8 Å². The van der Waals surface area contributed by atoms with E-state index in [0.29, 0.717) is 0 Å². The number of aryl methyl sites for hydroxylation is 3. The van der Waals surface area contributed by atoms with Gasteiger partial charge in [-0.05, 0) is 38.0 Å². The summed E-state index contributed by atoms with van der Waals surface area (Å²) in [6.07, 6.45) is 2.86. The fourth-order valence-corrected chi connectivity index (χ4v) is 2.19. The zero-order valence-corrected chi connectivity index (χ0v) is 11.2. The van der Waals surface area contributed by atoms with E-state index in [-0.39, 0.29) is 6.04 Å². The molecule has 0 spiro atoms. The molecule has 4 heteroatoms. The van der Waals surface area contributed by atoms with Crippen LogP contribution in [0.15, 0.2) is 24.4 Å². The third kappa shape index (κ3) is 2.43. The van der Waals surface area contributed by atoms with E-state index in [1.807, 2.05) is 36.9 Å². The van der Waals surface area contributed by atoms with Gasteiger partial charge in [-0.1, -0.05) is 13.0 Å². The SMILES string of the molecule is CCCn1nccc1C(N)c1ccc(C)nc1C. The summed E-state index contributed by atoms with van der Waals surface area (Å²) in [4.78, 5) is 4.47. The minimum atomic E-state index is -0.160. The maximum Gasteiger partial charge on any atom is 0.0740 e. The van der Waals surface area contributed by atoms with Gasteiger partial charge >= 0.3 is 0 Å². The van der Waals surface area contributed by atoms with E-state index < -0.39 is 0 Å². The highest BCUT2D eigenvalue weighted by atomic mass is 15.3. The van der Waals surface area contributed by atoms with Crippen LogP contribution >= 0.6 is 0 Å². The van der Waals surface area contributed by atoms with Crippen molar-refractivity contribution < 1.29 is 0 Å². The normalized spacial score (nSPS) is 12.7. The lowest BCUT2D eigenvalue weighted by Crippen LogP contribution is -2.19. The molecular formula is C14H20N4. The largest absolute Gasteiger partial charge is 0.319 e. The van der Waals surface area contributed by atoms with Gasteiger partial charge in [-0.3, -0.25) is 9.67 Å². The lowest BCUT2D eigenvalue weighted by atomic mass is 10.0. The van der Waals surface area contributed by atoms with Crippen molar-refractivity contribution in [2.75, 3.05) is 0 Å². The predicted molar refractivity (Wildman–Crippen MR) is 72.3 cm³/mol. The summed E-state index contributed by atoms with van der Waals surface area (Å²) in [5.74, 6) is 0. The molecule has 2 N–H and O–H groups in total. The maximum absolute atomic E-state index is 6.34. The Labute approximate surface area is 108 Å². The van der Waals surface area contributed by atoms with E-state index in [1.54, 1.807) is 0 Å². The molecule has 2 aromatic rings. The van der Waals surface area contributed by atoms with Crippen LogP contribution in [0.4, 0.5) is 0 Å². The van der Waals surface area contributed by atoms with Crippen molar-refractivity contribution in [1.82, 2.24) is 14.8 Å². The first-order chi connectivity index (χ1) is 8.63. The number of nitrogens with zero attached hydrogens (tertiary/aromatic N) is 3. The van der Waals surface area contributed by atoms with Crippen molar-refractivity contribution in [3.63, 3.8) is 0 Å². The second-order valence-corrected chi connectivity index (χ2v) is 4.58. The molecule has 2 heterocycles. The average molecular weight is 244 g/mol. The molecule has 0 aliphatic carbocycles. The molecule has 2 rings (SSSR count). The van der Waals surface area contributed by atoms with E-state index >= 15 is 0 Å². The fourth-order valence-electron chi connectivity index (χ4n) is 2.19. The van der Waals surface area contributed by atoms with Crippen molar-refractivity contribution in [2.45, 2.75) is 39.8 Å². The van der Waals surface area contributed by atoms with Crippen molar-refractivity contribution in [1.29, 1.82) is 0 Å². The van der Waals surface area contributed by atoms with Gasteiger partial charge < -0.3 is 5.73 Å². The molecule has 0 radical (unpaired) electrons. The molecule has 0 bridgehead atoms. The first-order valence-corrected chi connectivity index (χ1v) is 6.35. The van der Waals surface area contributed by atoms with Crippen LogP contribution in [-0.4, -0.2) is 14.8 Å². The van der Waals surface area contributed by atoms with Gasteiger partial charge in [-0.2, -0.15) is 5.10 Å². The molecule has 0 aromatic carbocycles. The van der Waals surface area contributed by atoms with Gasteiger partial charge in [0, 0.05) is 24.1 Å². The third-order valence-corrected chi connectivity index (χ3v) is 3.10. The maximum atomic E-state index is 6.34. The molecular weight excluding hydrogens is 224 g/mol. The second-order valence-electron chi connectivity index (χ2n) is 4.58. The first kappa shape index (κ1) is 12.8. The van der Waals surface area contributed by atoms with Gasteiger partial charge in [0.15, 0.2) is 0 Å². The molecule has 0 fully saturated rings. The molecule has 96 valence electrons. The zero-order chi connectivity index (χ0) is 13.1. The number of pyridine rings is 1. The van der Waals surface area contributed by atoms with E-state index in [0.717, 1.165) is 35.6 Å². The Morgan fingerprint density at radius 3 is 2.72 bits per heavy atom. The van der Waals surface area contributed by atoms with Crippen LogP contribution in [0.2, 0.25) is 0 Å². The van der Waals surface area contributed by atoms with Gasteiger partial charge in [0.25, 0.3) is 0 Å². The summed E-state index contributed by atoms with van der Waals surface area (Å²) in [5, 5.41) is 4.32. The number of aromatic nitrogens is 3. The topological polar surface area (TPSA) is 56.7 Å². The molecule has 1 atom stereocenters. The molecule has 0 aliphatic heterocycles. The minimum absolute atomic E-state index is 0.160. The summed E-state index contributed by atoms with van der Waals surface area (Å²) in [5.41, 5.74) is 10.5. The van der Waals surface area contributed by atoms with Crippen molar-refractivity contribution in [2.24, 2.45) is 5.73 Å². The highest BCUT2D eigenvalue weighted by molar-refractivity contribution is 5.31. The summed E-state index contributed by atoms with van der Waals surface area (Å²) >= 11 is 0. The fraction of sp³-hybridized carbons (Fsp3) is 0.429. The first-order valence-electron chi connectivity index (χ1n) is 6.35. The second kappa shape index (κ2) is 5.31. The predicted octanol–water partition coefficient (Wildman–Crippen LogP) is 2.35. The summed E-state index contributed by atoms with van der Waals surface area (Å²) < 4.78 is 1.98. The Hall–Kier alpha value is -1.68. The van der Waals surface area contributed by atoms with Crippen LogP contribution in [0.1, 0.15) is 42.0 Å². The Balaban J connectivity index is 2.35. The molecule has 0 saturated carbocycles. The lowest BCUT2D eigenvalue weighted by molar-refractivity contribution is 0.558. The Morgan fingerprint density at radius 1 is 1.28 bits per heavy atom. The Bertz CT molecular complexity index is 530. The van der Waals surface area contributed by atoms with Crippen molar-refractivity contribution in [3.8, 4) is 0 Å². The van der Waals surface area contributed by atoms with Crippen LogP contribution in [-0.2, 0) is 6.54 Å². The van der Waals surface area contributed by atoms with Crippen molar-refractivity contribution >= 4 is 0 Å². The van der Waals surface area contributed by atoms with Gasteiger partial charge in [-0.25, -0.2) is 0 Å².